The Labute approximate surface area is 233 Å². The van der Waals surface area contributed by atoms with Gasteiger partial charge in [-0.15, -0.1) is 0 Å². The van der Waals surface area contributed by atoms with Crippen LogP contribution >= 0.6 is 0 Å². The summed E-state index contributed by atoms with van der Waals surface area (Å²) >= 11 is 0. The Bertz CT molecular complexity index is 1320. The Hall–Kier alpha value is -4.22. The molecule has 0 saturated carbocycles. The lowest BCUT2D eigenvalue weighted by Gasteiger charge is -2.34. The number of benzene rings is 1. The van der Waals surface area contributed by atoms with Crippen molar-refractivity contribution in [1.29, 1.82) is 0 Å². The van der Waals surface area contributed by atoms with Crippen molar-refractivity contribution < 1.29 is 23.5 Å². The van der Waals surface area contributed by atoms with E-state index in [1.165, 1.54) is 26.6 Å². The molecule has 3 aromatic rings. The molecule has 1 fully saturated rings. The fourth-order valence-corrected chi connectivity index (χ4v) is 4.46. The number of hydrogen-bond acceptors (Lipinski definition) is 8. The van der Waals surface area contributed by atoms with E-state index >= 15 is 4.39 Å². The molecule has 4 rings (SSSR count). The van der Waals surface area contributed by atoms with E-state index in [-0.39, 0.29) is 24.5 Å². The van der Waals surface area contributed by atoms with Gasteiger partial charge in [0, 0.05) is 56.3 Å². The normalized spacial score (nSPS) is 16.2. The summed E-state index contributed by atoms with van der Waals surface area (Å²) in [5, 5.41) is 10.1. The van der Waals surface area contributed by atoms with Gasteiger partial charge in [-0.25, -0.2) is 19.2 Å². The Kier molecular flexibility index (Phi) is 8.86. The van der Waals surface area contributed by atoms with E-state index in [0.29, 0.717) is 47.2 Å². The summed E-state index contributed by atoms with van der Waals surface area (Å²) in [6.45, 7) is 6.72. The number of likely N-dealkylation sites (tertiary alicyclic amines) is 1. The molecule has 0 spiro atoms. The highest BCUT2D eigenvalue weighted by Gasteiger charge is 2.29. The number of carbonyl (C=O) groups excluding carboxylic acids is 2. The van der Waals surface area contributed by atoms with Crippen molar-refractivity contribution >= 4 is 23.6 Å². The van der Waals surface area contributed by atoms with Crippen molar-refractivity contribution in [1.82, 2.24) is 30.0 Å². The summed E-state index contributed by atoms with van der Waals surface area (Å²) in [5.74, 6) is 0.504. The number of anilines is 2. The standard InChI is InChI=1S/C28H36FN7O4/c1-28(2,3)40-27(38)35-8-6-7-22(17-35)36-16-21(15-33-36)34-26-31-13-20(14-32-26)24(29)11-18-9-19(25(37)30-4)12-23(10-18)39-5/h9-10,12-16,22,24H,6-8,11,17H2,1-5H3,(H,30,37)(H,31,32,34). The molecule has 40 heavy (non-hydrogen) atoms. The quantitative estimate of drug-likeness (QED) is 0.415. The van der Waals surface area contributed by atoms with Crippen LogP contribution < -0.4 is 15.4 Å². The molecule has 0 radical (unpaired) electrons. The summed E-state index contributed by atoms with van der Waals surface area (Å²) in [6.07, 6.45) is 6.45. The van der Waals surface area contributed by atoms with Crippen molar-refractivity contribution in [3.05, 3.63) is 59.7 Å². The van der Waals surface area contributed by atoms with Crippen molar-refractivity contribution in [3.63, 3.8) is 0 Å². The second kappa shape index (κ2) is 12.3. The topological polar surface area (TPSA) is 124 Å². The molecule has 2 atom stereocenters. The number of carbonyl (C=O) groups is 2. The molecule has 2 amide bonds. The van der Waals surface area contributed by atoms with Crippen LogP contribution in [0.15, 0.2) is 43.0 Å². The van der Waals surface area contributed by atoms with Gasteiger partial charge in [-0.2, -0.15) is 5.10 Å². The first-order chi connectivity index (χ1) is 19.0. The third kappa shape index (κ3) is 7.45. The van der Waals surface area contributed by atoms with Gasteiger partial charge < -0.3 is 25.0 Å². The van der Waals surface area contributed by atoms with Crippen LogP contribution in [0.3, 0.4) is 0 Å². The van der Waals surface area contributed by atoms with Gasteiger partial charge in [-0.1, -0.05) is 0 Å². The number of piperidine rings is 1. The first kappa shape index (κ1) is 28.8. The average Bonchev–Trinajstić information content (AvgIpc) is 3.40. The van der Waals surface area contributed by atoms with Crippen LogP contribution in [0, 0.1) is 0 Å². The molecule has 214 valence electrons. The number of rotatable bonds is 8. The van der Waals surface area contributed by atoms with Crippen LogP contribution in [0.4, 0.5) is 20.8 Å². The molecular formula is C28H36FN7O4. The number of amides is 2. The van der Waals surface area contributed by atoms with Gasteiger partial charge in [0.2, 0.25) is 5.95 Å². The zero-order valence-electron chi connectivity index (χ0n) is 23.5. The van der Waals surface area contributed by atoms with Crippen LogP contribution in [-0.2, 0) is 11.2 Å². The van der Waals surface area contributed by atoms with Gasteiger partial charge in [0.15, 0.2) is 0 Å². The molecule has 2 N–H and O–H groups in total. The molecule has 0 bridgehead atoms. The number of ether oxygens (including phenoxy) is 2. The highest BCUT2D eigenvalue weighted by Crippen LogP contribution is 2.27. The summed E-state index contributed by atoms with van der Waals surface area (Å²) in [7, 11) is 3.03. The number of halogens is 1. The predicted octanol–water partition coefficient (Wildman–Crippen LogP) is 4.61. The third-order valence-electron chi connectivity index (χ3n) is 6.42. The summed E-state index contributed by atoms with van der Waals surface area (Å²) in [6, 6.07) is 4.97. The molecule has 2 unspecified atom stereocenters. The molecule has 0 aliphatic carbocycles. The van der Waals surface area contributed by atoms with E-state index in [1.54, 1.807) is 29.3 Å². The highest BCUT2D eigenvalue weighted by molar-refractivity contribution is 5.94. The van der Waals surface area contributed by atoms with Gasteiger partial charge in [0.1, 0.15) is 17.5 Å². The van der Waals surface area contributed by atoms with E-state index in [4.69, 9.17) is 9.47 Å². The minimum Gasteiger partial charge on any atom is -0.497 e. The van der Waals surface area contributed by atoms with E-state index in [9.17, 15) is 9.59 Å². The minimum atomic E-state index is -1.37. The van der Waals surface area contributed by atoms with Gasteiger partial charge in [-0.3, -0.25) is 9.48 Å². The molecule has 1 aromatic carbocycles. The van der Waals surface area contributed by atoms with Crippen molar-refractivity contribution in [2.75, 3.05) is 32.6 Å². The lowest BCUT2D eigenvalue weighted by atomic mass is 10.0. The van der Waals surface area contributed by atoms with E-state index < -0.39 is 11.8 Å². The second-order valence-corrected chi connectivity index (χ2v) is 10.7. The maximum atomic E-state index is 15.1. The van der Waals surface area contributed by atoms with Gasteiger partial charge in [-0.05, 0) is 57.4 Å². The first-order valence-electron chi connectivity index (χ1n) is 13.2. The number of nitrogens with zero attached hydrogens (tertiary/aromatic N) is 5. The monoisotopic (exact) mass is 553 g/mol. The van der Waals surface area contributed by atoms with Crippen molar-refractivity contribution in [2.45, 2.75) is 57.8 Å². The van der Waals surface area contributed by atoms with E-state index in [0.717, 1.165) is 12.8 Å². The predicted molar refractivity (Wildman–Crippen MR) is 148 cm³/mol. The van der Waals surface area contributed by atoms with Crippen LogP contribution in [0.5, 0.6) is 5.75 Å². The van der Waals surface area contributed by atoms with E-state index in [1.807, 2.05) is 31.6 Å². The lowest BCUT2D eigenvalue weighted by Crippen LogP contribution is -2.43. The fourth-order valence-electron chi connectivity index (χ4n) is 4.46. The molecular weight excluding hydrogens is 517 g/mol. The molecule has 2 aromatic heterocycles. The smallest absolute Gasteiger partial charge is 0.410 e. The Balaban J connectivity index is 1.36. The Morgan fingerprint density at radius 2 is 1.93 bits per heavy atom. The van der Waals surface area contributed by atoms with Crippen LogP contribution in [-0.4, -0.2) is 69.5 Å². The SMILES string of the molecule is CNC(=O)c1cc(CC(F)c2cnc(Nc3cnn(C4CCCN(C(=O)OC(C)(C)C)C4)c3)nc2)cc(OC)c1. The minimum absolute atomic E-state index is 0.0212. The Morgan fingerprint density at radius 3 is 2.60 bits per heavy atom. The fraction of sp³-hybridized carbons (Fsp3) is 0.464. The number of methoxy groups -OCH3 is 1. The van der Waals surface area contributed by atoms with Gasteiger partial charge in [0.05, 0.1) is 25.0 Å². The van der Waals surface area contributed by atoms with Crippen molar-refractivity contribution in [3.8, 4) is 5.75 Å². The first-order valence-corrected chi connectivity index (χ1v) is 13.2. The number of aromatic nitrogens is 4. The molecule has 3 heterocycles. The van der Waals surface area contributed by atoms with Crippen LogP contribution in [0.25, 0.3) is 0 Å². The number of hydrogen-bond donors (Lipinski definition) is 2. The zero-order chi connectivity index (χ0) is 28.9. The lowest BCUT2D eigenvalue weighted by molar-refractivity contribution is 0.0167. The maximum Gasteiger partial charge on any atom is 0.410 e. The van der Waals surface area contributed by atoms with Gasteiger partial charge >= 0.3 is 6.09 Å². The molecule has 1 saturated heterocycles. The maximum absolute atomic E-state index is 15.1. The van der Waals surface area contributed by atoms with Crippen molar-refractivity contribution in [2.24, 2.45) is 0 Å². The Morgan fingerprint density at radius 1 is 1.18 bits per heavy atom. The molecule has 1 aliphatic heterocycles. The second-order valence-electron chi connectivity index (χ2n) is 10.7. The average molecular weight is 554 g/mol. The highest BCUT2D eigenvalue weighted by atomic mass is 19.1. The zero-order valence-corrected chi connectivity index (χ0v) is 23.5. The van der Waals surface area contributed by atoms with Crippen LogP contribution in [0.2, 0.25) is 0 Å². The van der Waals surface area contributed by atoms with Crippen LogP contribution in [0.1, 0.15) is 67.3 Å². The number of alkyl halides is 1. The third-order valence-corrected chi connectivity index (χ3v) is 6.42. The molecule has 1 aliphatic rings. The largest absolute Gasteiger partial charge is 0.497 e. The summed E-state index contributed by atoms with van der Waals surface area (Å²) in [5.41, 5.74) is 1.46. The summed E-state index contributed by atoms with van der Waals surface area (Å²) in [4.78, 5) is 34.8. The number of nitrogens with one attached hydrogen (secondary N) is 2. The van der Waals surface area contributed by atoms with Gasteiger partial charge in [0.25, 0.3) is 5.91 Å². The summed E-state index contributed by atoms with van der Waals surface area (Å²) < 4.78 is 27.7. The molecule has 12 heteroatoms. The molecule has 11 nitrogen and oxygen atoms in total. The van der Waals surface area contributed by atoms with E-state index in [2.05, 4.69) is 25.7 Å².